The first kappa shape index (κ1) is 14.0. The van der Waals surface area contributed by atoms with E-state index < -0.39 is 0 Å². The van der Waals surface area contributed by atoms with Crippen LogP contribution in [0.5, 0.6) is 0 Å². The number of aromatic nitrogens is 1. The van der Waals surface area contributed by atoms with Gasteiger partial charge in [-0.2, -0.15) is 11.3 Å². The third-order valence-electron chi connectivity index (χ3n) is 3.17. The fourth-order valence-corrected chi connectivity index (χ4v) is 2.91. The molecule has 4 heteroatoms. The van der Waals surface area contributed by atoms with Crippen molar-refractivity contribution in [3.63, 3.8) is 0 Å². The molecule has 0 saturated heterocycles. The molecular formula is C17H12ClNOS. The van der Waals surface area contributed by atoms with Crippen LogP contribution in [0.1, 0.15) is 21.5 Å². The molecule has 0 aliphatic heterocycles. The summed E-state index contributed by atoms with van der Waals surface area (Å²) >= 11 is 7.70. The summed E-state index contributed by atoms with van der Waals surface area (Å²) in [5.41, 5.74) is 3.44. The minimum Gasteiger partial charge on any atom is -0.289 e. The van der Waals surface area contributed by atoms with Crippen LogP contribution in [0.25, 0.3) is 17.0 Å². The van der Waals surface area contributed by atoms with Crippen molar-refractivity contribution in [1.29, 1.82) is 0 Å². The van der Waals surface area contributed by atoms with Gasteiger partial charge in [0.1, 0.15) is 5.15 Å². The largest absolute Gasteiger partial charge is 0.289 e. The Bertz CT molecular complexity index is 837. The maximum atomic E-state index is 12.0. The van der Waals surface area contributed by atoms with Gasteiger partial charge in [-0.1, -0.05) is 23.7 Å². The van der Waals surface area contributed by atoms with Gasteiger partial charge in [0.05, 0.1) is 5.52 Å². The number of ketones is 1. The van der Waals surface area contributed by atoms with E-state index in [4.69, 9.17) is 11.6 Å². The number of thiophene rings is 1. The SMILES string of the molecule is Cc1ccc2cc(/C=C/C(=O)c3ccsc3)c(Cl)nc2c1. The molecule has 1 aromatic carbocycles. The maximum absolute atomic E-state index is 12.0. The molecule has 0 saturated carbocycles. The second-order valence-corrected chi connectivity index (χ2v) is 5.91. The number of halogens is 1. The lowest BCUT2D eigenvalue weighted by atomic mass is 10.1. The molecule has 2 aromatic heterocycles. The summed E-state index contributed by atoms with van der Waals surface area (Å²) < 4.78 is 0. The molecule has 0 atom stereocenters. The monoisotopic (exact) mass is 313 g/mol. The number of hydrogen-bond acceptors (Lipinski definition) is 3. The first-order valence-corrected chi connectivity index (χ1v) is 7.77. The number of fused-ring (bicyclic) bond motifs is 1. The molecule has 0 spiro atoms. The fourth-order valence-electron chi connectivity index (χ4n) is 2.05. The number of rotatable bonds is 3. The second kappa shape index (κ2) is 5.80. The van der Waals surface area contributed by atoms with Crippen molar-refractivity contribution in [1.82, 2.24) is 4.98 Å². The highest BCUT2D eigenvalue weighted by molar-refractivity contribution is 7.08. The molecule has 0 bridgehead atoms. The van der Waals surface area contributed by atoms with Crippen molar-refractivity contribution in [3.8, 4) is 0 Å². The van der Waals surface area contributed by atoms with Crippen LogP contribution in [-0.2, 0) is 0 Å². The van der Waals surface area contributed by atoms with E-state index in [0.29, 0.717) is 10.7 Å². The van der Waals surface area contributed by atoms with E-state index in [0.717, 1.165) is 22.0 Å². The minimum atomic E-state index is -0.0312. The van der Waals surface area contributed by atoms with Gasteiger partial charge in [0.2, 0.25) is 0 Å². The van der Waals surface area contributed by atoms with Crippen LogP contribution in [0.2, 0.25) is 5.15 Å². The quantitative estimate of drug-likeness (QED) is 0.380. The molecule has 0 N–H and O–H groups in total. The third kappa shape index (κ3) is 3.04. The van der Waals surface area contributed by atoms with Crippen molar-refractivity contribution in [3.05, 3.63) is 69.0 Å². The molecule has 3 rings (SSSR count). The Labute approximate surface area is 131 Å². The summed E-state index contributed by atoms with van der Waals surface area (Å²) in [5, 5.41) is 5.12. The van der Waals surface area contributed by atoms with Gasteiger partial charge in [-0.15, -0.1) is 0 Å². The molecule has 3 aromatic rings. The zero-order valence-corrected chi connectivity index (χ0v) is 12.9. The molecule has 2 nitrogen and oxygen atoms in total. The molecule has 2 heterocycles. The molecule has 0 radical (unpaired) electrons. The Kier molecular flexibility index (Phi) is 3.86. The molecule has 0 unspecified atom stereocenters. The molecule has 0 amide bonds. The molecule has 0 aliphatic carbocycles. The van der Waals surface area contributed by atoms with Crippen molar-refractivity contribution in [2.75, 3.05) is 0 Å². The second-order valence-electron chi connectivity index (χ2n) is 4.77. The Morgan fingerprint density at radius 2 is 2.14 bits per heavy atom. The van der Waals surface area contributed by atoms with Crippen LogP contribution in [0.3, 0.4) is 0 Å². The first-order chi connectivity index (χ1) is 10.1. The van der Waals surface area contributed by atoms with Crippen LogP contribution >= 0.6 is 22.9 Å². The van der Waals surface area contributed by atoms with E-state index >= 15 is 0 Å². The predicted octanol–water partition coefficient (Wildman–Crippen LogP) is 5.15. The topological polar surface area (TPSA) is 30.0 Å². The number of carbonyl (C=O) groups is 1. The van der Waals surface area contributed by atoms with E-state index in [-0.39, 0.29) is 5.78 Å². The highest BCUT2D eigenvalue weighted by Crippen LogP contribution is 2.23. The van der Waals surface area contributed by atoms with E-state index in [1.54, 1.807) is 12.1 Å². The maximum Gasteiger partial charge on any atom is 0.186 e. The average molecular weight is 314 g/mol. The zero-order chi connectivity index (χ0) is 14.8. The highest BCUT2D eigenvalue weighted by Gasteiger charge is 2.05. The summed E-state index contributed by atoms with van der Waals surface area (Å²) in [4.78, 5) is 16.3. The number of allylic oxidation sites excluding steroid dienone is 1. The number of aryl methyl sites for hydroxylation is 1. The fraction of sp³-hybridized carbons (Fsp3) is 0.0588. The van der Waals surface area contributed by atoms with Gasteiger partial charge in [0.25, 0.3) is 0 Å². The number of benzene rings is 1. The standard InChI is InChI=1S/C17H12ClNOS/c1-11-2-3-12-9-13(17(18)19-15(12)8-11)4-5-16(20)14-6-7-21-10-14/h2-10H,1H3/b5-4+. The Balaban J connectivity index is 1.95. The highest BCUT2D eigenvalue weighted by atomic mass is 35.5. The van der Waals surface area contributed by atoms with Gasteiger partial charge in [0.15, 0.2) is 5.78 Å². The van der Waals surface area contributed by atoms with Crippen molar-refractivity contribution in [2.45, 2.75) is 6.92 Å². The van der Waals surface area contributed by atoms with E-state index in [1.165, 1.54) is 17.4 Å². The van der Waals surface area contributed by atoms with Gasteiger partial charge in [-0.25, -0.2) is 4.98 Å². The predicted molar refractivity (Wildman–Crippen MR) is 89.2 cm³/mol. The average Bonchev–Trinajstić information content (AvgIpc) is 2.99. The van der Waals surface area contributed by atoms with Crippen LogP contribution in [0.15, 0.2) is 47.2 Å². The van der Waals surface area contributed by atoms with Crippen LogP contribution in [0.4, 0.5) is 0 Å². The molecule has 0 fully saturated rings. The summed E-state index contributed by atoms with van der Waals surface area (Å²) in [6.07, 6.45) is 3.25. The number of hydrogen-bond donors (Lipinski definition) is 0. The lowest BCUT2D eigenvalue weighted by Gasteiger charge is -2.03. The van der Waals surface area contributed by atoms with Crippen LogP contribution < -0.4 is 0 Å². The van der Waals surface area contributed by atoms with Gasteiger partial charge in [0, 0.05) is 21.9 Å². The molecular weight excluding hydrogens is 302 g/mol. The van der Waals surface area contributed by atoms with E-state index in [1.807, 2.05) is 41.9 Å². The Morgan fingerprint density at radius 1 is 1.29 bits per heavy atom. The summed E-state index contributed by atoms with van der Waals surface area (Å²) in [6.45, 7) is 2.02. The van der Waals surface area contributed by atoms with Crippen LogP contribution in [-0.4, -0.2) is 10.8 Å². The molecule has 104 valence electrons. The normalized spacial score (nSPS) is 11.3. The number of pyridine rings is 1. The van der Waals surface area contributed by atoms with Gasteiger partial charge in [-0.3, -0.25) is 4.79 Å². The summed E-state index contributed by atoms with van der Waals surface area (Å²) in [7, 11) is 0. The third-order valence-corrected chi connectivity index (χ3v) is 4.16. The van der Waals surface area contributed by atoms with Gasteiger partial charge < -0.3 is 0 Å². The van der Waals surface area contributed by atoms with Gasteiger partial charge >= 0.3 is 0 Å². The van der Waals surface area contributed by atoms with E-state index in [2.05, 4.69) is 4.98 Å². The summed E-state index contributed by atoms with van der Waals surface area (Å²) in [5.74, 6) is -0.0312. The van der Waals surface area contributed by atoms with Gasteiger partial charge in [-0.05, 0) is 48.2 Å². The lowest BCUT2D eigenvalue weighted by Crippen LogP contribution is -1.91. The van der Waals surface area contributed by atoms with Crippen molar-refractivity contribution >= 4 is 45.7 Å². The molecule has 21 heavy (non-hydrogen) atoms. The lowest BCUT2D eigenvalue weighted by molar-refractivity contribution is 0.104. The summed E-state index contributed by atoms with van der Waals surface area (Å²) in [6, 6.07) is 9.78. The first-order valence-electron chi connectivity index (χ1n) is 6.45. The Morgan fingerprint density at radius 3 is 2.90 bits per heavy atom. The smallest absolute Gasteiger partial charge is 0.186 e. The molecule has 0 aliphatic rings. The number of carbonyl (C=O) groups excluding carboxylic acids is 1. The van der Waals surface area contributed by atoms with Crippen molar-refractivity contribution in [2.24, 2.45) is 0 Å². The van der Waals surface area contributed by atoms with Crippen LogP contribution in [0, 0.1) is 6.92 Å². The minimum absolute atomic E-state index is 0.0312. The van der Waals surface area contributed by atoms with Crippen molar-refractivity contribution < 1.29 is 4.79 Å². The number of nitrogens with zero attached hydrogens (tertiary/aromatic N) is 1. The van der Waals surface area contributed by atoms with E-state index in [9.17, 15) is 4.79 Å². The zero-order valence-electron chi connectivity index (χ0n) is 11.3. The Hall–Kier alpha value is -1.97.